The maximum Gasteiger partial charge on any atom is 0.272 e. The molecular formula is C14H17N3O3. The number of nitro groups is 1. The molecule has 0 aliphatic rings. The molecular weight excluding hydrogens is 258 g/mol. The van der Waals surface area contributed by atoms with E-state index in [9.17, 15) is 10.1 Å². The normalized spacial score (nSPS) is 11.0. The van der Waals surface area contributed by atoms with E-state index in [0.29, 0.717) is 18.7 Å². The van der Waals surface area contributed by atoms with Gasteiger partial charge in [-0.05, 0) is 26.5 Å². The van der Waals surface area contributed by atoms with Gasteiger partial charge in [-0.1, -0.05) is 17.3 Å². The molecule has 0 saturated carbocycles. The Balaban J connectivity index is 2.09. The highest BCUT2D eigenvalue weighted by Crippen LogP contribution is 2.22. The third kappa shape index (κ3) is 3.21. The predicted octanol–water partition coefficient (Wildman–Crippen LogP) is 2.83. The zero-order valence-corrected chi connectivity index (χ0v) is 11.8. The van der Waals surface area contributed by atoms with Crippen molar-refractivity contribution in [1.29, 1.82) is 0 Å². The molecule has 0 unspecified atom stereocenters. The van der Waals surface area contributed by atoms with Crippen LogP contribution in [0.3, 0.4) is 0 Å². The minimum absolute atomic E-state index is 0.160. The summed E-state index contributed by atoms with van der Waals surface area (Å²) in [6, 6.07) is 7.04. The number of rotatable bonds is 5. The number of nitrogens with zero attached hydrogens (tertiary/aromatic N) is 3. The van der Waals surface area contributed by atoms with Crippen LogP contribution in [0, 0.1) is 24.0 Å². The lowest BCUT2D eigenvalue weighted by molar-refractivity contribution is -0.385. The average molecular weight is 275 g/mol. The molecule has 1 heterocycles. The molecule has 0 bridgehead atoms. The summed E-state index contributed by atoms with van der Waals surface area (Å²) < 4.78 is 5.02. The average Bonchev–Trinajstić information content (AvgIpc) is 2.77. The van der Waals surface area contributed by atoms with Gasteiger partial charge in [-0.2, -0.15) is 0 Å². The van der Waals surface area contributed by atoms with Crippen LogP contribution in [0.1, 0.15) is 22.6 Å². The second-order valence-corrected chi connectivity index (χ2v) is 4.92. The number of aromatic nitrogens is 1. The lowest BCUT2D eigenvalue weighted by Crippen LogP contribution is -2.18. The molecule has 2 rings (SSSR count). The van der Waals surface area contributed by atoms with E-state index in [1.165, 1.54) is 6.07 Å². The van der Waals surface area contributed by atoms with E-state index in [1.54, 1.807) is 13.0 Å². The van der Waals surface area contributed by atoms with Crippen molar-refractivity contribution in [3.63, 3.8) is 0 Å². The van der Waals surface area contributed by atoms with Crippen LogP contribution in [-0.4, -0.2) is 22.0 Å². The molecule has 106 valence electrons. The summed E-state index contributed by atoms with van der Waals surface area (Å²) in [6.45, 7) is 4.89. The van der Waals surface area contributed by atoms with Gasteiger partial charge in [0.05, 0.1) is 10.6 Å². The fourth-order valence-corrected chi connectivity index (χ4v) is 2.15. The highest BCUT2D eigenvalue weighted by atomic mass is 16.6. The van der Waals surface area contributed by atoms with Crippen molar-refractivity contribution in [3.05, 3.63) is 57.0 Å². The summed E-state index contributed by atoms with van der Waals surface area (Å²) in [6.07, 6.45) is 0. The molecule has 0 atom stereocenters. The van der Waals surface area contributed by atoms with Gasteiger partial charge in [0.2, 0.25) is 0 Å². The smallest absolute Gasteiger partial charge is 0.272 e. The predicted molar refractivity (Wildman–Crippen MR) is 74.2 cm³/mol. The first-order valence-corrected chi connectivity index (χ1v) is 6.31. The van der Waals surface area contributed by atoms with Crippen molar-refractivity contribution < 1.29 is 9.45 Å². The van der Waals surface area contributed by atoms with Crippen molar-refractivity contribution in [2.75, 3.05) is 7.05 Å². The van der Waals surface area contributed by atoms with Gasteiger partial charge in [0, 0.05) is 30.8 Å². The van der Waals surface area contributed by atoms with Crippen LogP contribution in [0.4, 0.5) is 5.69 Å². The Bertz CT molecular complexity index is 622. The lowest BCUT2D eigenvalue weighted by atomic mass is 10.1. The monoisotopic (exact) mass is 275 g/mol. The molecule has 2 aromatic rings. The third-order valence-corrected chi connectivity index (χ3v) is 3.16. The van der Waals surface area contributed by atoms with Crippen LogP contribution in [0.5, 0.6) is 0 Å². The third-order valence-electron chi connectivity index (χ3n) is 3.16. The molecule has 0 aliphatic heterocycles. The van der Waals surface area contributed by atoms with Gasteiger partial charge in [-0.25, -0.2) is 0 Å². The van der Waals surface area contributed by atoms with Crippen LogP contribution in [0.15, 0.2) is 28.8 Å². The Kier molecular flexibility index (Phi) is 4.14. The van der Waals surface area contributed by atoms with Gasteiger partial charge >= 0.3 is 0 Å². The van der Waals surface area contributed by atoms with Crippen molar-refractivity contribution in [1.82, 2.24) is 10.1 Å². The van der Waals surface area contributed by atoms with Gasteiger partial charge in [-0.3, -0.25) is 15.0 Å². The zero-order valence-electron chi connectivity index (χ0n) is 11.8. The minimum Gasteiger partial charge on any atom is -0.361 e. The standard InChI is InChI=1S/C14H17N3O3/c1-10-7-13(15-20-10)9-16(3)8-12-5-4-6-14(11(12)2)17(18)19/h4-7H,8-9H2,1-3H3. The SMILES string of the molecule is Cc1cc(CN(C)Cc2cccc([N+](=O)[O-])c2C)no1. The molecule has 0 N–H and O–H groups in total. The Hall–Kier alpha value is -2.21. The van der Waals surface area contributed by atoms with E-state index < -0.39 is 0 Å². The molecule has 0 radical (unpaired) electrons. The minimum atomic E-state index is -0.347. The molecule has 0 saturated heterocycles. The second kappa shape index (κ2) is 5.83. The molecule has 1 aromatic heterocycles. The quantitative estimate of drug-likeness (QED) is 0.619. The van der Waals surface area contributed by atoms with Crippen molar-refractivity contribution in [2.24, 2.45) is 0 Å². The molecule has 6 heteroatoms. The van der Waals surface area contributed by atoms with E-state index >= 15 is 0 Å². The summed E-state index contributed by atoms with van der Waals surface area (Å²) in [5.74, 6) is 0.778. The van der Waals surface area contributed by atoms with Gasteiger partial charge in [0.25, 0.3) is 5.69 Å². The van der Waals surface area contributed by atoms with Crippen LogP contribution < -0.4 is 0 Å². The highest BCUT2D eigenvalue weighted by molar-refractivity contribution is 5.44. The van der Waals surface area contributed by atoms with E-state index in [-0.39, 0.29) is 10.6 Å². The Labute approximate surface area is 117 Å². The van der Waals surface area contributed by atoms with Crippen molar-refractivity contribution >= 4 is 5.69 Å². The molecule has 1 aromatic carbocycles. The topological polar surface area (TPSA) is 72.4 Å². The maximum atomic E-state index is 10.9. The molecule has 0 aliphatic carbocycles. The summed E-state index contributed by atoms with van der Waals surface area (Å²) in [7, 11) is 1.95. The zero-order chi connectivity index (χ0) is 14.7. The maximum absolute atomic E-state index is 10.9. The summed E-state index contributed by atoms with van der Waals surface area (Å²) in [4.78, 5) is 12.6. The van der Waals surface area contributed by atoms with Gasteiger partial charge in [-0.15, -0.1) is 0 Å². The van der Waals surface area contributed by atoms with Crippen molar-refractivity contribution in [2.45, 2.75) is 26.9 Å². The van der Waals surface area contributed by atoms with E-state index in [2.05, 4.69) is 5.16 Å². The van der Waals surface area contributed by atoms with E-state index in [1.807, 2.05) is 31.0 Å². The van der Waals surface area contributed by atoms with Crippen LogP contribution in [0.25, 0.3) is 0 Å². The summed E-state index contributed by atoms with van der Waals surface area (Å²) in [5.41, 5.74) is 2.67. The molecule has 6 nitrogen and oxygen atoms in total. The Morgan fingerprint density at radius 2 is 2.10 bits per heavy atom. The van der Waals surface area contributed by atoms with Gasteiger partial charge in [0.1, 0.15) is 5.76 Å². The van der Waals surface area contributed by atoms with E-state index in [0.717, 1.165) is 17.0 Å². The van der Waals surface area contributed by atoms with Gasteiger partial charge in [0.15, 0.2) is 0 Å². The number of hydrogen-bond donors (Lipinski definition) is 0. The first kappa shape index (κ1) is 14.2. The molecule has 0 fully saturated rings. The first-order chi connectivity index (χ1) is 9.47. The van der Waals surface area contributed by atoms with Crippen molar-refractivity contribution in [3.8, 4) is 0 Å². The first-order valence-electron chi connectivity index (χ1n) is 6.31. The Morgan fingerprint density at radius 1 is 1.35 bits per heavy atom. The number of hydrogen-bond acceptors (Lipinski definition) is 5. The number of benzene rings is 1. The fourth-order valence-electron chi connectivity index (χ4n) is 2.15. The van der Waals surface area contributed by atoms with Crippen LogP contribution >= 0.6 is 0 Å². The fraction of sp³-hybridized carbons (Fsp3) is 0.357. The lowest BCUT2D eigenvalue weighted by Gasteiger charge is -2.16. The number of nitro benzene ring substituents is 1. The highest BCUT2D eigenvalue weighted by Gasteiger charge is 2.14. The second-order valence-electron chi connectivity index (χ2n) is 4.92. The summed E-state index contributed by atoms with van der Waals surface area (Å²) >= 11 is 0. The Morgan fingerprint density at radius 3 is 2.70 bits per heavy atom. The summed E-state index contributed by atoms with van der Waals surface area (Å²) in [5, 5.41) is 14.9. The largest absolute Gasteiger partial charge is 0.361 e. The number of aryl methyl sites for hydroxylation is 1. The van der Waals surface area contributed by atoms with Crippen LogP contribution in [-0.2, 0) is 13.1 Å². The molecule has 0 spiro atoms. The van der Waals surface area contributed by atoms with E-state index in [4.69, 9.17) is 4.52 Å². The van der Waals surface area contributed by atoms with Crippen LogP contribution in [0.2, 0.25) is 0 Å². The van der Waals surface area contributed by atoms with Gasteiger partial charge < -0.3 is 4.52 Å². The molecule has 0 amide bonds. The molecule has 20 heavy (non-hydrogen) atoms.